The van der Waals surface area contributed by atoms with Crippen LogP contribution >= 0.6 is 0 Å². The first-order valence-corrected chi connectivity index (χ1v) is 12.4. The van der Waals surface area contributed by atoms with Crippen molar-refractivity contribution in [3.8, 4) is 11.5 Å². The molecule has 0 aromatic carbocycles. The van der Waals surface area contributed by atoms with Gasteiger partial charge in [0, 0.05) is 38.3 Å². The Kier molecular flexibility index (Phi) is 5.26. The molecule has 0 bridgehead atoms. The number of sulfonamides is 1. The number of hydrogen-bond donors (Lipinski definition) is 0. The number of carbonyl (C=O) groups excluding carboxylic acids is 1. The van der Waals surface area contributed by atoms with E-state index in [9.17, 15) is 13.2 Å². The van der Waals surface area contributed by atoms with Gasteiger partial charge in [-0.3, -0.25) is 9.78 Å². The highest BCUT2D eigenvalue weighted by Crippen LogP contribution is 2.56. The van der Waals surface area contributed by atoms with E-state index in [0.717, 1.165) is 0 Å². The Balaban J connectivity index is 1.26. The summed E-state index contributed by atoms with van der Waals surface area (Å²) >= 11 is 0. The molecular weight excluding hydrogens is 414 g/mol. The molecule has 1 saturated heterocycles. The van der Waals surface area contributed by atoms with E-state index in [-0.39, 0.29) is 16.7 Å². The van der Waals surface area contributed by atoms with E-state index in [2.05, 4.69) is 15.0 Å². The first-order chi connectivity index (χ1) is 15.0. The summed E-state index contributed by atoms with van der Waals surface area (Å²) in [6, 6.07) is 5.43. The highest BCUT2D eigenvalue weighted by Gasteiger charge is 2.56. The molecule has 2 aliphatic carbocycles. The van der Waals surface area contributed by atoms with Crippen molar-refractivity contribution in [2.75, 3.05) is 26.2 Å². The van der Waals surface area contributed by atoms with E-state index in [4.69, 9.17) is 0 Å². The third-order valence-corrected chi connectivity index (χ3v) is 8.94. The van der Waals surface area contributed by atoms with Crippen molar-refractivity contribution in [1.29, 1.82) is 0 Å². The maximum absolute atomic E-state index is 13.2. The minimum atomic E-state index is -3.72. The summed E-state index contributed by atoms with van der Waals surface area (Å²) in [5.74, 6) is 1.95. The lowest BCUT2D eigenvalue weighted by molar-refractivity contribution is -0.134. The van der Waals surface area contributed by atoms with Crippen LogP contribution in [0.5, 0.6) is 0 Å². The van der Waals surface area contributed by atoms with Crippen LogP contribution in [0, 0.1) is 24.7 Å². The monoisotopic (exact) mass is 441 g/mol. The average molecular weight is 442 g/mol. The highest BCUT2D eigenvalue weighted by molar-refractivity contribution is 7.89. The first-order valence-electron chi connectivity index (χ1n) is 11.0. The SMILES string of the molecule is Cc1nc(-c2ccccn2)ncc1S(=O)(=O)N1CCN(C(=O)C2[C@H]3CCCC[C@H]23)CC1. The van der Waals surface area contributed by atoms with Gasteiger partial charge in [-0.2, -0.15) is 4.31 Å². The molecule has 0 unspecified atom stereocenters. The number of rotatable bonds is 4. The zero-order valence-corrected chi connectivity index (χ0v) is 18.5. The smallest absolute Gasteiger partial charge is 0.246 e. The van der Waals surface area contributed by atoms with Crippen LogP contribution < -0.4 is 0 Å². The van der Waals surface area contributed by atoms with Crippen molar-refractivity contribution in [3.63, 3.8) is 0 Å². The fourth-order valence-electron chi connectivity index (χ4n) is 5.19. The molecule has 9 heteroatoms. The molecule has 2 atom stereocenters. The summed E-state index contributed by atoms with van der Waals surface area (Å²) < 4.78 is 27.9. The second kappa shape index (κ2) is 7.94. The topological polar surface area (TPSA) is 96.4 Å². The van der Waals surface area contributed by atoms with Gasteiger partial charge in [0.1, 0.15) is 10.6 Å². The zero-order valence-electron chi connectivity index (χ0n) is 17.6. The molecule has 2 saturated carbocycles. The predicted octanol–water partition coefficient (Wildman–Crippen LogP) is 2.12. The van der Waals surface area contributed by atoms with Crippen LogP contribution in [0.1, 0.15) is 31.4 Å². The molecular formula is C22H27N5O3S. The van der Waals surface area contributed by atoms with Crippen molar-refractivity contribution < 1.29 is 13.2 Å². The molecule has 3 heterocycles. The fourth-order valence-corrected chi connectivity index (χ4v) is 6.71. The number of hydrogen-bond acceptors (Lipinski definition) is 6. The third kappa shape index (κ3) is 3.74. The van der Waals surface area contributed by atoms with Gasteiger partial charge in [0.05, 0.1) is 11.9 Å². The number of pyridine rings is 1. The van der Waals surface area contributed by atoms with Crippen molar-refractivity contribution in [3.05, 3.63) is 36.3 Å². The standard InChI is InChI=1S/C22H27N5O3S/c1-15-19(14-24-21(25-15)18-8-4-5-9-23-18)31(29,30)27-12-10-26(11-13-27)22(28)20-16-6-2-3-7-17(16)20/h4-5,8-9,14,16-17,20H,2-3,6-7,10-13H2,1H3/t16-,17-/m0/s1. The van der Waals surface area contributed by atoms with Crippen molar-refractivity contribution in [2.45, 2.75) is 37.5 Å². The molecule has 2 aromatic heterocycles. The van der Waals surface area contributed by atoms with Gasteiger partial charge >= 0.3 is 0 Å². The zero-order chi connectivity index (χ0) is 21.6. The Hall–Kier alpha value is -2.39. The number of amides is 1. The number of aromatic nitrogens is 3. The van der Waals surface area contributed by atoms with Crippen molar-refractivity contribution in [2.24, 2.45) is 17.8 Å². The Morgan fingerprint density at radius 3 is 2.35 bits per heavy atom. The number of nitrogens with zero attached hydrogens (tertiary/aromatic N) is 5. The van der Waals surface area contributed by atoms with Gasteiger partial charge in [-0.15, -0.1) is 0 Å². The van der Waals surface area contributed by atoms with Gasteiger partial charge < -0.3 is 4.90 Å². The van der Waals surface area contributed by atoms with E-state index >= 15 is 0 Å². The van der Waals surface area contributed by atoms with Crippen LogP contribution in [0.15, 0.2) is 35.5 Å². The summed E-state index contributed by atoms with van der Waals surface area (Å²) in [5, 5.41) is 0. The van der Waals surface area contributed by atoms with Gasteiger partial charge in [0.2, 0.25) is 15.9 Å². The second-order valence-electron chi connectivity index (χ2n) is 8.73. The molecule has 5 rings (SSSR count). The fraction of sp³-hybridized carbons (Fsp3) is 0.545. The van der Waals surface area contributed by atoms with Crippen LogP contribution in [-0.2, 0) is 14.8 Å². The largest absolute Gasteiger partial charge is 0.340 e. The van der Waals surface area contributed by atoms with Gasteiger partial charge in [-0.25, -0.2) is 18.4 Å². The highest BCUT2D eigenvalue weighted by atomic mass is 32.2. The Labute approximate surface area is 182 Å². The molecule has 3 fully saturated rings. The van der Waals surface area contributed by atoms with E-state index in [1.165, 1.54) is 36.2 Å². The first kappa shape index (κ1) is 20.5. The summed E-state index contributed by atoms with van der Waals surface area (Å²) in [6.45, 7) is 3.17. The Morgan fingerprint density at radius 1 is 1.03 bits per heavy atom. The van der Waals surface area contributed by atoms with Crippen molar-refractivity contribution in [1.82, 2.24) is 24.2 Å². The predicted molar refractivity (Wildman–Crippen MR) is 114 cm³/mol. The van der Waals surface area contributed by atoms with E-state index < -0.39 is 10.0 Å². The normalized spacial score (nSPS) is 26.4. The van der Waals surface area contributed by atoms with Gasteiger partial charge in [0.15, 0.2) is 5.82 Å². The number of piperazine rings is 1. The second-order valence-corrected chi connectivity index (χ2v) is 10.6. The molecule has 0 radical (unpaired) electrons. The van der Waals surface area contributed by atoms with Crippen LogP contribution in [0.3, 0.4) is 0 Å². The summed E-state index contributed by atoms with van der Waals surface area (Å²) in [7, 11) is -3.72. The molecule has 1 amide bonds. The molecule has 2 aromatic rings. The molecule has 1 aliphatic heterocycles. The van der Waals surface area contributed by atoms with Crippen LogP contribution in [-0.4, -0.2) is 64.7 Å². The minimum absolute atomic E-state index is 0.111. The lowest BCUT2D eigenvalue weighted by Gasteiger charge is -2.34. The molecule has 8 nitrogen and oxygen atoms in total. The molecule has 31 heavy (non-hydrogen) atoms. The van der Waals surface area contributed by atoms with Gasteiger partial charge in [-0.05, 0) is 43.7 Å². The lowest BCUT2D eigenvalue weighted by atomic mass is 10.0. The van der Waals surface area contributed by atoms with Gasteiger partial charge in [0.25, 0.3) is 0 Å². The van der Waals surface area contributed by atoms with Crippen LogP contribution in [0.2, 0.25) is 0 Å². The van der Waals surface area contributed by atoms with Crippen LogP contribution in [0.25, 0.3) is 11.5 Å². The van der Waals surface area contributed by atoms with E-state index in [0.29, 0.717) is 55.2 Å². The lowest BCUT2D eigenvalue weighted by Crippen LogP contribution is -2.51. The summed E-state index contributed by atoms with van der Waals surface area (Å²) in [4.78, 5) is 27.7. The average Bonchev–Trinajstić information content (AvgIpc) is 3.53. The van der Waals surface area contributed by atoms with Crippen molar-refractivity contribution >= 4 is 15.9 Å². The Bertz CT molecular complexity index is 1070. The van der Waals surface area contributed by atoms with E-state index in [1.807, 2.05) is 11.0 Å². The third-order valence-electron chi connectivity index (χ3n) is 6.94. The molecule has 164 valence electrons. The number of aryl methyl sites for hydroxylation is 1. The summed E-state index contributed by atoms with van der Waals surface area (Å²) in [5.41, 5.74) is 0.999. The summed E-state index contributed by atoms with van der Waals surface area (Å²) in [6.07, 6.45) is 7.82. The minimum Gasteiger partial charge on any atom is -0.340 e. The molecule has 0 N–H and O–H groups in total. The quantitative estimate of drug-likeness (QED) is 0.721. The maximum Gasteiger partial charge on any atom is 0.246 e. The molecule has 0 spiro atoms. The number of carbonyl (C=O) groups is 1. The van der Waals surface area contributed by atoms with Gasteiger partial charge in [-0.1, -0.05) is 18.9 Å². The van der Waals surface area contributed by atoms with Crippen LogP contribution in [0.4, 0.5) is 0 Å². The molecule has 3 aliphatic rings. The van der Waals surface area contributed by atoms with E-state index in [1.54, 1.807) is 25.3 Å². The maximum atomic E-state index is 13.2. The Morgan fingerprint density at radius 2 is 1.74 bits per heavy atom. The number of fused-ring (bicyclic) bond motifs is 1.